The van der Waals surface area contributed by atoms with Crippen molar-refractivity contribution in [3.05, 3.63) is 116 Å². The van der Waals surface area contributed by atoms with Crippen LogP contribution >= 0.6 is 11.3 Å². The average molecular weight is 671 g/mol. The van der Waals surface area contributed by atoms with E-state index in [0.29, 0.717) is 4.88 Å². The average Bonchev–Trinajstić information content (AvgIpc) is 3.70. The molecule has 2 heterocycles. The van der Waals surface area contributed by atoms with E-state index in [9.17, 15) is 15.8 Å². The number of hydrogen-bond donors (Lipinski definition) is 0. The SMILES string of the molecule is CCCCN(CCCC)C1=CC=C(/C=C/c2ccc(/C=C/C3=C(C#N)C(=C(C#N)C#N)OC3(c3ccccc3)C(F)(F)F)s2)C(OC)C1. The molecular weight excluding hydrogens is 634 g/mol. The van der Waals surface area contributed by atoms with Crippen molar-refractivity contribution in [3.63, 3.8) is 0 Å². The van der Waals surface area contributed by atoms with Gasteiger partial charge in [0.15, 0.2) is 11.3 Å². The summed E-state index contributed by atoms with van der Waals surface area (Å²) in [5.74, 6) is -0.692. The van der Waals surface area contributed by atoms with Gasteiger partial charge in [-0.05, 0) is 48.8 Å². The molecule has 1 aromatic carbocycles. The number of rotatable bonds is 13. The van der Waals surface area contributed by atoms with Gasteiger partial charge in [0.05, 0.1) is 6.10 Å². The van der Waals surface area contributed by atoms with Gasteiger partial charge in [-0.15, -0.1) is 11.3 Å². The van der Waals surface area contributed by atoms with Gasteiger partial charge >= 0.3 is 6.18 Å². The fraction of sp³-hybridized carbons (Fsp3) is 0.342. The van der Waals surface area contributed by atoms with Crippen LogP contribution in [0.2, 0.25) is 0 Å². The minimum absolute atomic E-state index is 0.104. The Labute approximate surface area is 284 Å². The lowest BCUT2D eigenvalue weighted by molar-refractivity contribution is -0.249. The largest absolute Gasteiger partial charge is 0.465 e. The maximum atomic E-state index is 15.0. The number of nitrogens with zero attached hydrogens (tertiary/aromatic N) is 4. The Balaban J connectivity index is 1.67. The van der Waals surface area contributed by atoms with Crippen LogP contribution in [0.4, 0.5) is 13.2 Å². The van der Waals surface area contributed by atoms with Crippen molar-refractivity contribution in [2.24, 2.45) is 0 Å². The van der Waals surface area contributed by atoms with Crippen molar-refractivity contribution in [1.82, 2.24) is 4.90 Å². The van der Waals surface area contributed by atoms with E-state index in [2.05, 4.69) is 30.9 Å². The highest BCUT2D eigenvalue weighted by atomic mass is 32.1. The maximum absolute atomic E-state index is 15.0. The number of allylic oxidation sites excluding steroid dienone is 4. The van der Waals surface area contributed by atoms with Crippen LogP contribution in [-0.4, -0.2) is 37.4 Å². The molecule has 4 rings (SSSR count). The van der Waals surface area contributed by atoms with Crippen LogP contribution in [0.1, 0.15) is 61.3 Å². The van der Waals surface area contributed by atoms with Crippen molar-refractivity contribution in [1.29, 1.82) is 15.8 Å². The molecular formula is C38H37F3N4O2S. The van der Waals surface area contributed by atoms with E-state index in [-0.39, 0.29) is 11.7 Å². The summed E-state index contributed by atoms with van der Waals surface area (Å²) in [4.78, 5) is 3.96. The molecule has 1 aliphatic heterocycles. The molecule has 0 saturated heterocycles. The fourth-order valence-electron chi connectivity index (χ4n) is 5.71. The third-order valence-electron chi connectivity index (χ3n) is 8.26. The van der Waals surface area contributed by atoms with E-state index in [4.69, 9.17) is 9.47 Å². The maximum Gasteiger partial charge on any atom is 0.437 e. The number of unbranched alkanes of at least 4 members (excludes halogenated alkanes) is 2. The van der Waals surface area contributed by atoms with E-state index in [1.54, 1.807) is 37.5 Å². The lowest BCUT2D eigenvalue weighted by Gasteiger charge is -2.33. The first-order valence-corrected chi connectivity index (χ1v) is 16.6. The molecule has 0 N–H and O–H groups in total. The zero-order valence-electron chi connectivity index (χ0n) is 27.2. The predicted molar refractivity (Wildman–Crippen MR) is 182 cm³/mol. The Bertz CT molecular complexity index is 1750. The zero-order chi connectivity index (χ0) is 34.7. The van der Waals surface area contributed by atoms with Crippen molar-refractivity contribution in [2.75, 3.05) is 20.2 Å². The molecule has 6 nitrogen and oxygen atoms in total. The summed E-state index contributed by atoms with van der Waals surface area (Å²) in [7, 11) is 1.70. The van der Waals surface area contributed by atoms with E-state index in [1.807, 2.05) is 18.2 Å². The van der Waals surface area contributed by atoms with E-state index < -0.39 is 34.3 Å². The molecule has 1 aliphatic carbocycles. The molecule has 0 bridgehead atoms. The lowest BCUT2D eigenvalue weighted by Crippen LogP contribution is -2.43. The Hall–Kier alpha value is -4.82. The second-order valence-electron chi connectivity index (χ2n) is 11.3. The van der Waals surface area contributed by atoms with Gasteiger partial charge in [-0.1, -0.05) is 75.2 Å². The minimum Gasteiger partial charge on any atom is -0.465 e. The number of hydrogen-bond acceptors (Lipinski definition) is 7. The molecule has 2 aromatic rings. The number of alkyl halides is 3. The summed E-state index contributed by atoms with van der Waals surface area (Å²) in [5, 5.41) is 28.9. The molecule has 2 aliphatic rings. The molecule has 0 fully saturated rings. The van der Waals surface area contributed by atoms with Gasteiger partial charge in [-0.2, -0.15) is 29.0 Å². The smallest absolute Gasteiger partial charge is 0.437 e. The predicted octanol–water partition coefficient (Wildman–Crippen LogP) is 9.52. The van der Waals surface area contributed by atoms with Crippen LogP contribution in [-0.2, 0) is 15.1 Å². The molecule has 1 aromatic heterocycles. The Kier molecular flexibility index (Phi) is 12.3. The summed E-state index contributed by atoms with van der Waals surface area (Å²) in [6.07, 6.45) is 11.0. The number of benzene rings is 1. The highest BCUT2D eigenvalue weighted by Crippen LogP contribution is 2.56. The molecule has 0 radical (unpaired) electrons. The molecule has 0 saturated carbocycles. The zero-order valence-corrected chi connectivity index (χ0v) is 28.0. The van der Waals surface area contributed by atoms with Gasteiger partial charge in [0.25, 0.3) is 5.60 Å². The number of nitriles is 3. The summed E-state index contributed by atoms with van der Waals surface area (Å²) < 4.78 is 56.4. The van der Waals surface area contributed by atoms with Crippen LogP contribution in [0.3, 0.4) is 0 Å². The highest BCUT2D eigenvalue weighted by Gasteiger charge is 2.65. The molecule has 48 heavy (non-hydrogen) atoms. The number of ether oxygens (including phenoxy) is 2. The number of methoxy groups -OCH3 is 1. The normalized spacial score (nSPS) is 19.5. The molecule has 0 spiro atoms. The summed E-state index contributed by atoms with van der Waals surface area (Å²) in [6, 6.07) is 15.4. The first-order chi connectivity index (χ1) is 23.2. The second-order valence-corrected chi connectivity index (χ2v) is 12.5. The lowest BCUT2D eigenvalue weighted by atomic mass is 9.84. The summed E-state index contributed by atoms with van der Waals surface area (Å²) in [5.41, 5.74) is -2.83. The van der Waals surface area contributed by atoms with Gasteiger partial charge < -0.3 is 14.4 Å². The molecule has 10 heteroatoms. The number of halogens is 3. The fourth-order valence-corrected chi connectivity index (χ4v) is 6.53. The molecule has 2 atom stereocenters. The van der Waals surface area contributed by atoms with Gasteiger partial charge in [0.2, 0.25) is 0 Å². The minimum atomic E-state index is -5.04. The second kappa shape index (κ2) is 16.3. The van der Waals surface area contributed by atoms with Crippen LogP contribution in [0.15, 0.2) is 101 Å². The Morgan fingerprint density at radius 3 is 2.12 bits per heavy atom. The van der Waals surface area contributed by atoms with E-state index in [0.717, 1.165) is 55.6 Å². The Morgan fingerprint density at radius 2 is 1.58 bits per heavy atom. The quantitative estimate of drug-likeness (QED) is 0.197. The summed E-state index contributed by atoms with van der Waals surface area (Å²) in [6.45, 7) is 6.43. The molecule has 0 amide bonds. The van der Waals surface area contributed by atoms with Crippen molar-refractivity contribution in [2.45, 2.75) is 63.8 Å². The van der Waals surface area contributed by atoms with Gasteiger partial charge in [0.1, 0.15) is 23.8 Å². The van der Waals surface area contributed by atoms with Crippen molar-refractivity contribution >= 4 is 23.5 Å². The van der Waals surface area contributed by atoms with Crippen LogP contribution in [0.5, 0.6) is 0 Å². The summed E-state index contributed by atoms with van der Waals surface area (Å²) >= 11 is 1.36. The van der Waals surface area contributed by atoms with Gasteiger partial charge in [-0.25, -0.2) is 0 Å². The van der Waals surface area contributed by atoms with Crippen molar-refractivity contribution < 1.29 is 22.6 Å². The first-order valence-electron chi connectivity index (χ1n) is 15.8. The van der Waals surface area contributed by atoms with Crippen molar-refractivity contribution in [3.8, 4) is 18.2 Å². The van der Waals surface area contributed by atoms with E-state index in [1.165, 1.54) is 53.5 Å². The van der Waals surface area contributed by atoms with Crippen LogP contribution in [0.25, 0.3) is 12.2 Å². The molecule has 248 valence electrons. The molecule has 2 unspecified atom stereocenters. The third-order valence-corrected chi connectivity index (χ3v) is 9.28. The third kappa shape index (κ3) is 7.66. The standard InChI is InChI=1S/C38H37F3N4O2S/c1-4-6-21-45(22-7-5-2)30-15-13-27(35(23-30)46-3)14-16-31-17-18-32(48-31)19-20-34-33(26-44)36(28(24-42)25-43)47-37(34,38(39,40)41)29-11-9-8-10-12-29/h8-20,35H,4-7,21-23H2,1-3H3/b16-14+,20-19+. The topological polar surface area (TPSA) is 93.1 Å². The van der Waals surface area contributed by atoms with Gasteiger partial charge in [0, 0.05) is 53.2 Å². The Morgan fingerprint density at radius 1 is 0.958 bits per heavy atom. The highest BCUT2D eigenvalue weighted by molar-refractivity contribution is 7.13. The van der Waals surface area contributed by atoms with Crippen LogP contribution in [0, 0.1) is 34.0 Å². The number of thiophene rings is 1. The van der Waals surface area contributed by atoms with Crippen LogP contribution < -0.4 is 0 Å². The van der Waals surface area contributed by atoms with E-state index >= 15 is 13.2 Å². The first kappa shape index (κ1) is 36.0. The van der Waals surface area contributed by atoms with Gasteiger partial charge in [-0.3, -0.25) is 0 Å². The monoisotopic (exact) mass is 670 g/mol.